The zero-order chi connectivity index (χ0) is 17.9. The Labute approximate surface area is 148 Å². The first-order valence-corrected chi connectivity index (χ1v) is 10.0. The minimum atomic E-state index is -3.46. The number of nitrogens with one attached hydrogen (secondary N) is 1. The SMILES string of the molecule is CC(c1ccc(F)cc1)N1CCC(NS(=O)(=O)c2ccccc2)CC1. The van der Waals surface area contributed by atoms with Gasteiger partial charge in [-0.25, -0.2) is 17.5 Å². The van der Waals surface area contributed by atoms with E-state index in [2.05, 4.69) is 16.5 Å². The lowest BCUT2D eigenvalue weighted by atomic mass is 10.0. The molecule has 1 unspecified atom stereocenters. The predicted molar refractivity (Wildman–Crippen MR) is 96.2 cm³/mol. The van der Waals surface area contributed by atoms with Crippen molar-refractivity contribution in [2.75, 3.05) is 13.1 Å². The molecule has 0 spiro atoms. The van der Waals surface area contributed by atoms with E-state index in [0.717, 1.165) is 31.5 Å². The predicted octanol–water partition coefficient (Wildman–Crippen LogP) is 3.33. The highest BCUT2D eigenvalue weighted by atomic mass is 32.2. The number of piperidine rings is 1. The Kier molecular flexibility index (Phi) is 5.51. The molecular formula is C19H23FN2O2S. The second kappa shape index (κ2) is 7.64. The maximum Gasteiger partial charge on any atom is 0.240 e. The maximum atomic E-state index is 13.1. The van der Waals surface area contributed by atoms with Crippen LogP contribution < -0.4 is 4.72 Å². The van der Waals surface area contributed by atoms with Crippen LogP contribution in [0.25, 0.3) is 0 Å². The normalized spacial score (nSPS) is 18.2. The molecule has 1 atom stereocenters. The minimum Gasteiger partial charge on any atom is -0.296 e. The van der Waals surface area contributed by atoms with Crippen molar-refractivity contribution < 1.29 is 12.8 Å². The summed E-state index contributed by atoms with van der Waals surface area (Å²) in [7, 11) is -3.46. The molecule has 2 aromatic carbocycles. The number of rotatable bonds is 5. The van der Waals surface area contributed by atoms with E-state index in [9.17, 15) is 12.8 Å². The number of benzene rings is 2. The summed E-state index contributed by atoms with van der Waals surface area (Å²) in [6.45, 7) is 3.71. The molecule has 0 aromatic heterocycles. The van der Waals surface area contributed by atoms with Crippen LogP contribution in [0.1, 0.15) is 31.4 Å². The van der Waals surface area contributed by atoms with Gasteiger partial charge in [0.05, 0.1) is 4.90 Å². The van der Waals surface area contributed by atoms with Crippen molar-refractivity contribution in [3.8, 4) is 0 Å². The molecule has 0 amide bonds. The molecule has 3 rings (SSSR count). The third kappa shape index (κ3) is 4.45. The molecular weight excluding hydrogens is 339 g/mol. The number of hydrogen-bond donors (Lipinski definition) is 1. The lowest BCUT2D eigenvalue weighted by Gasteiger charge is -2.36. The smallest absolute Gasteiger partial charge is 0.240 e. The Balaban J connectivity index is 1.57. The second-order valence-electron chi connectivity index (χ2n) is 6.47. The quantitative estimate of drug-likeness (QED) is 0.888. The van der Waals surface area contributed by atoms with E-state index in [-0.39, 0.29) is 17.9 Å². The fourth-order valence-corrected chi connectivity index (χ4v) is 4.57. The lowest BCUT2D eigenvalue weighted by molar-refractivity contribution is 0.159. The van der Waals surface area contributed by atoms with Gasteiger partial charge in [-0.2, -0.15) is 0 Å². The number of halogens is 1. The van der Waals surface area contributed by atoms with Gasteiger partial charge in [0, 0.05) is 25.2 Å². The van der Waals surface area contributed by atoms with E-state index in [1.165, 1.54) is 12.1 Å². The molecule has 1 fully saturated rings. The van der Waals surface area contributed by atoms with Crippen LogP contribution in [0, 0.1) is 5.82 Å². The van der Waals surface area contributed by atoms with Gasteiger partial charge in [-0.15, -0.1) is 0 Å². The number of likely N-dealkylation sites (tertiary alicyclic amines) is 1. The average molecular weight is 362 g/mol. The summed E-state index contributed by atoms with van der Waals surface area (Å²) in [6.07, 6.45) is 1.52. The summed E-state index contributed by atoms with van der Waals surface area (Å²) in [5.41, 5.74) is 1.07. The van der Waals surface area contributed by atoms with Crippen LogP contribution in [-0.2, 0) is 10.0 Å². The van der Waals surface area contributed by atoms with Gasteiger partial charge in [0.15, 0.2) is 0 Å². The summed E-state index contributed by atoms with van der Waals surface area (Å²) in [4.78, 5) is 2.61. The molecule has 0 saturated carbocycles. The van der Waals surface area contributed by atoms with Crippen molar-refractivity contribution in [2.45, 2.75) is 36.7 Å². The Bertz CT molecular complexity index is 786. The number of nitrogens with zero attached hydrogens (tertiary/aromatic N) is 1. The first kappa shape index (κ1) is 18.0. The van der Waals surface area contributed by atoms with E-state index in [1.54, 1.807) is 30.3 Å². The van der Waals surface area contributed by atoms with E-state index in [4.69, 9.17) is 0 Å². The largest absolute Gasteiger partial charge is 0.296 e. The summed E-state index contributed by atoms with van der Waals surface area (Å²) < 4.78 is 40.7. The van der Waals surface area contributed by atoms with Gasteiger partial charge >= 0.3 is 0 Å². The van der Waals surface area contributed by atoms with Crippen LogP contribution in [0.3, 0.4) is 0 Å². The minimum absolute atomic E-state index is 0.0538. The molecule has 4 nitrogen and oxygen atoms in total. The van der Waals surface area contributed by atoms with Gasteiger partial charge in [0.2, 0.25) is 10.0 Å². The zero-order valence-electron chi connectivity index (χ0n) is 14.2. The van der Waals surface area contributed by atoms with E-state index < -0.39 is 10.0 Å². The fourth-order valence-electron chi connectivity index (χ4n) is 3.24. The van der Waals surface area contributed by atoms with Gasteiger partial charge in [-0.1, -0.05) is 30.3 Å². The standard InChI is InChI=1S/C19H23FN2O2S/c1-15(16-7-9-17(20)10-8-16)22-13-11-18(12-14-22)21-25(23,24)19-5-3-2-4-6-19/h2-10,15,18,21H,11-14H2,1H3. The van der Waals surface area contributed by atoms with Gasteiger partial charge in [-0.05, 0) is 49.6 Å². The fraction of sp³-hybridized carbons (Fsp3) is 0.368. The van der Waals surface area contributed by atoms with Crippen molar-refractivity contribution in [2.24, 2.45) is 0 Å². The van der Waals surface area contributed by atoms with Gasteiger partial charge in [-0.3, -0.25) is 4.90 Å². The second-order valence-corrected chi connectivity index (χ2v) is 8.19. The summed E-state index contributed by atoms with van der Waals surface area (Å²) in [6, 6.07) is 15.2. The molecule has 134 valence electrons. The molecule has 25 heavy (non-hydrogen) atoms. The van der Waals surface area contributed by atoms with Crippen molar-refractivity contribution >= 4 is 10.0 Å². The summed E-state index contributed by atoms with van der Waals surface area (Å²) >= 11 is 0. The van der Waals surface area contributed by atoms with E-state index in [1.807, 2.05) is 12.1 Å². The molecule has 1 aliphatic heterocycles. The van der Waals surface area contributed by atoms with E-state index >= 15 is 0 Å². The number of hydrogen-bond acceptors (Lipinski definition) is 3. The molecule has 1 aliphatic rings. The third-order valence-electron chi connectivity index (χ3n) is 4.81. The highest BCUT2D eigenvalue weighted by Gasteiger charge is 2.27. The Morgan fingerprint density at radius 1 is 1.04 bits per heavy atom. The van der Waals surface area contributed by atoms with Gasteiger partial charge in [0.1, 0.15) is 5.82 Å². The summed E-state index contributed by atoms with van der Waals surface area (Å²) in [5, 5.41) is 0. The van der Waals surface area contributed by atoms with Crippen LogP contribution in [0.5, 0.6) is 0 Å². The first-order valence-electron chi connectivity index (χ1n) is 8.52. The van der Waals surface area contributed by atoms with Gasteiger partial charge in [0.25, 0.3) is 0 Å². The monoisotopic (exact) mass is 362 g/mol. The van der Waals surface area contributed by atoms with Crippen molar-refractivity contribution in [3.63, 3.8) is 0 Å². The first-order chi connectivity index (χ1) is 12.0. The summed E-state index contributed by atoms with van der Waals surface area (Å²) in [5.74, 6) is -0.232. The van der Waals surface area contributed by atoms with Crippen LogP contribution >= 0.6 is 0 Å². The van der Waals surface area contributed by atoms with Crippen molar-refractivity contribution in [1.82, 2.24) is 9.62 Å². The molecule has 6 heteroatoms. The molecule has 2 aromatic rings. The third-order valence-corrected chi connectivity index (χ3v) is 6.34. The van der Waals surface area contributed by atoms with Crippen molar-refractivity contribution in [3.05, 3.63) is 66.0 Å². The highest BCUT2D eigenvalue weighted by Crippen LogP contribution is 2.25. The molecule has 0 aliphatic carbocycles. The van der Waals surface area contributed by atoms with Crippen LogP contribution in [0.2, 0.25) is 0 Å². The molecule has 1 heterocycles. The van der Waals surface area contributed by atoms with Gasteiger partial charge < -0.3 is 0 Å². The van der Waals surface area contributed by atoms with E-state index in [0.29, 0.717) is 4.90 Å². The van der Waals surface area contributed by atoms with Crippen LogP contribution in [-0.4, -0.2) is 32.4 Å². The topological polar surface area (TPSA) is 49.4 Å². The Hall–Kier alpha value is -1.76. The highest BCUT2D eigenvalue weighted by molar-refractivity contribution is 7.89. The maximum absolute atomic E-state index is 13.1. The molecule has 1 N–H and O–H groups in total. The molecule has 1 saturated heterocycles. The Morgan fingerprint density at radius 2 is 1.64 bits per heavy atom. The molecule has 0 radical (unpaired) electrons. The Morgan fingerprint density at radius 3 is 2.24 bits per heavy atom. The number of sulfonamides is 1. The van der Waals surface area contributed by atoms with Crippen LogP contribution in [0.15, 0.2) is 59.5 Å². The lowest BCUT2D eigenvalue weighted by Crippen LogP contribution is -2.45. The molecule has 0 bridgehead atoms. The zero-order valence-corrected chi connectivity index (χ0v) is 15.0. The average Bonchev–Trinajstić information content (AvgIpc) is 2.63. The van der Waals surface area contributed by atoms with Crippen molar-refractivity contribution in [1.29, 1.82) is 0 Å². The van der Waals surface area contributed by atoms with Crippen LogP contribution in [0.4, 0.5) is 4.39 Å².